The van der Waals surface area contributed by atoms with Crippen LogP contribution in [-0.4, -0.2) is 20.2 Å². The van der Waals surface area contributed by atoms with Crippen LogP contribution in [0.4, 0.5) is 0 Å². The molecule has 0 aliphatic heterocycles. The van der Waals surface area contributed by atoms with E-state index in [1.165, 1.54) is 12.4 Å². The van der Waals surface area contributed by atoms with Crippen LogP contribution in [0.15, 0.2) is 47.5 Å². The van der Waals surface area contributed by atoms with E-state index in [0.717, 1.165) is 5.56 Å². The summed E-state index contributed by atoms with van der Waals surface area (Å²) >= 11 is 0. The standard InChI is InChI=1S/C16H14N2O3/c1-9-2-4-10(5-3-9)15(20)11-6-12-14(13(19)7-11)17-8-18-16(12)21/h2-8,15,19-20H,1H3,(H,17,18,21). The molecule has 106 valence electrons. The Labute approximate surface area is 120 Å². The molecule has 0 bridgehead atoms. The van der Waals surface area contributed by atoms with Gasteiger partial charge in [0.2, 0.25) is 0 Å². The molecule has 0 saturated carbocycles. The van der Waals surface area contributed by atoms with E-state index in [1.54, 1.807) is 6.07 Å². The number of aryl methyl sites for hydroxylation is 1. The Hall–Kier alpha value is -2.66. The largest absolute Gasteiger partial charge is 0.506 e. The first kappa shape index (κ1) is 13.3. The molecular formula is C16H14N2O3. The molecule has 0 amide bonds. The first-order valence-electron chi connectivity index (χ1n) is 6.51. The van der Waals surface area contributed by atoms with Gasteiger partial charge in [0, 0.05) is 0 Å². The molecule has 2 aromatic carbocycles. The van der Waals surface area contributed by atoms with Crippen molar-refractivity contribution in [2.45, 2.75) is 13.0 Å². The van der Waals surface area contributed by atoms with Crippen molar-refractivity contribution in [1.29, 1.82) is 0 Å². The molecule has 5 nitrogen and oxygen atoms in total. The normalized spacial score (nSPS) is 12.5. The van der Waals surface area contributed by atoms with E-state index < -0.39 is 6.10 Å². The second kappa shape index (κ2) is 5.03. The summed E-state index contributed by atoms with van der Waals surface area (Å²) in [4.78, 5) is 18.2. The van der Waals surface area contributed by atoms with Gasteiger partial charge < -0.3 is 15.2 Å². The van der Waals surface area contributed by atoms with E-state index in [9.17, 15) is 15.0 Å². The minimum Gasteiger partial charge on any atom is -0.506 e. The molecule has 5 heteroatoms. The highest BCUT2D eigenvalue weighted by Crippen LogP contribution is 2.29. The van der Waals surface area contributed by atoms with Crippen molar-refractivity contribution < 1.29 is 10.2 Å². The van der Waals surface area contributed by atoms with E-state index in [1.807, 2.05) is 31.2 Å². The third kappa shape index (κ3) is 2.39. The maximum absolute atomic E-state index is 11.8. The number of aliphatic hydroxyl groups is 1. The molecule has 1 aromatic heterocycles. The van der Waals surface area contributed by atoms with E-state index >= 15 is 0 Å². The molecule has 3 aromatic rings. The molecule has 21 heavy (non-hydrogen) atoms. The predicted octanol–water partition coefficient (Wildman–Crippen LogP) is 2.02. The molecule has 1 heterocycles. The van der Waals surface area contributed by atoms with Crippen molar-refractivity contribution in [3.05, 3.63) is 69.8 Å². The molecule has 0 fully saturated rings. The smallest absolute Gasteiger partial charge is 0.258 e. The van der Waals surface area contributed by atoms with Gasteiger partial charge in [-0.3, -0.25) is 4.79 Å². The van der Waals surface area contributed by atoms with Gasteiger partial charge in [-0.2, -0.15) is 0 Å². The van der Waals surface area contributed by atoms with Crippen molar-refractivity contribution in [3.8, 4) is 5.75 Å². The van der Waals surface area contributed by atoms with Gasteiger partial charge in [-0.05, 0) is 30.2 Å². The van der Waals surface area contributed by atoms with Crippen molar-refractivity contribution >= 4 is 10.9 Å². The molecule has 0 aliphatic rings. The van der Waals surface area contributed by atoms with Gasteiger partial charge in [-0.25, -0.2) is 4.98 Å². The van der Waals surface area contributed by atoms with Crippen LogP contribution in [0.2, 0.25) is 0 Å². The number of nitrogens with one attached hydrogen (secondary N) is 1. The average Bonchev–Trinajstić information content (AvgIpc) is 2.48. The van der Waals surface area contributed by atoms with Crippen LogP contribution in [-0.2, 0) is 0 Å². The van der Waals surface area contributed by atoms with Crippen LogP contribution in [0.3, 0.4) is 0 Å². The molecule has 0 aliphatic carbocycles. The van der Waals surface area contributed by atoms with E-state index in [2.05, 4.69) is 9.97 Å². The van der Waals surface area contributed by atoms with Crippen LogP contribution >= 0.6 is 0 Å². The number of fused-ring (bicyclic) bond motifs is 1. The second-order valence-corrected chi connectivity index (χ2v) is 4.98. The number of phenols is 1. The molecule has 0 saturated heterocycles. The number of benzene rings is 2. The zero-order valence-electron chi connectivity index (χ0n) is 11.4. The number of rotatable bonds is 2. The van der Waals surface area contributed by atoms with E-state index in [4.69, 9.17) is 0 Å². The Kier molecular flexibility index (Phi) is 3.19. The Morgan fingerprint density at radius 1 is 1.14 bits per heavy atom. The van der Waals surface area contributed by atoms with Gasteiger partial charge in [-0.1, -0.05) is 29.8 Å². The predicted molar refractivity (Wildman–Crippen MR) is 79.3 cm³/mol. The Balaban J connectivity index is 2.14. The van der Waals surface area contributed by atoms with E-state index in [-0.39, 0.29) is 22.2 Å². The van der Waals surface area contributed by atoms with Crippen LogP contribution in [0.1, 0.15) is 22.8 Å². The molecule has 3 rings (SSSR count). The maximum Gasteiger partial charge on any atom is 0.258 e. The SMILES string of the molecule is Cc1ccc(C(O)c2cc(O)c3nc[nH]c(=O)c3c2)cc1. The summed E-state index contributed by atoms with van der Waals surface area (Å²) in [5.74, 6) is -0.125. The number of hydrogen-bond donors (Lipinski definition) is 3. The minimum absolute atomic E-state index is 0.125. The number of nitrogens with zero attached hydrogens (tertiary/aromatic N) is 1. The number of aromatic hydroxyl groups is 1. The zero-order chi connectivity index (χ0) is 15.0. The van der Waals surface area contributed by atoms with Crippen LogP contribution in [0.5, 0.6) is 5.75 Å². The summed E-state index contributed by atoms with van der Waals surface area (Å²) in [6.07, 6.45) is 0.320. The summed E-state index contributed by atoms with van der Waals surface area (Å²) in [5.41, 5.74) is 2.10. The van der Waals surface area contributed by atoms with E-state index in [0.29, 0.717) is 11.1 Å². The van der Waals surface area contributed by atoms with Crippen LogP contribution in [0, 0.1) is 6.92 Å². The first-order chi connectivity index (χ1) is 10.1. The summed E-state index contributed by atoms with van der Waals surface area (Å²) < 4.78 is 0. The van der Waals surface area contributed by atoms with Crippen molar-refractivity contribution in [1.82, 2.24) is 9.97 Å². The maximum atomic E-state index is 11.8. The van der Waals surface area contributed by atoms with Gasteiger partial charge in [0.15, 0.2) is 0 Å². The number of aromatic amines is 1. The third-order valence-corrected chi connectivity index (χ3v) is 3.45. The van der Waals surface area contributed by atoms with Gasteiger partial charge in [0.1, 0.15) is 17.4 Å². The van der Waals surface area contributed by atoms with Crippen molar-refractivity contribution in [2.75, 3.05) is 0 Å². The fourth-order valence-electron chi connectivity index (χ4n) is 2.28. The Morgan fingerprint density at radius 3 is 2.57 bits per heavy atom. The van der Waals surface area contributed by atoms with Crippen LogP contribution in [0.25, 0.3) is 10.9 Å². The topological polar surface area (TPSA) is 86.2 Å². The highest BCUT2D eigenvalue weighted by molar-refractivity contribution is 5.84. The quantitative estimate of drug-likeness (QED) is 0.671. The van der Waals surface area contributed by atoms with Gasteiger partial charge in [-0.15, -0.1) is 0 Å². The fourth-order valence-corrected chi connectivity index (χ4v) is 2.28. The van der Waals surface area contributed by atoms with Crippen molar-refractivity contribution in [2.24, 2.45) is 0 Å². The average molecular weight is 282 g/mol. The zero-order valence-corrected chi connectivity index (χ0v) is 11.4. The second-order valence-electron chi connectivity index (χ2n) is 4.98. The minimum atomic E-state index is -0.916. The Morgan fingerprint density at radius 2 is 1.86 bits per heavy atom. The monoisotopic (exact) mass is 282 g/mol. The van der Waals surface area contributed by atoms with Crippen LogP contribution < -0.4 is 5.56 Å². The Bertz CT molecular complexity index is 854. The molecule has 0 radical (unpaired) electrons. The van der Waals surface area contributed by atoms with Crippen molar-refractivity contribution in [3.63, 3.8) is 0 Å². The highest BCUT2D eigenvalue weighted by atomic mass is 16.3. The molecule has 1 unspecified atom stereocenters. The fraction of sp³-hybridized carbons (Fsp3) is 0.125. The number of aromatic nitrogens is 2. The van der Waals surface area contributed by atoms with Gasteiger partial charge in [0.25, 0.3) is 5.56 Å². The summed E-state index contributed by atoms with van der Waals surface area (Å²) in [6.45, 7) is 1.96. The lowest BCUT2D eigenvalue weighted by molar-refractivity contribution is 0.220. The highest BCUT2D eigenvalue weighted by Gasteiger charge is 2.15. The summed E-state index contributed by atoms with van der Waals surface area (Å²) in [6, 6.07) is 10.4. The summed E-state index contributed by atoms with van der Waals surface area (Å²) in [7, 11) is 0. The molecular weight excluding hydrogens is 268 g/mol. The molecule has 0 spiro atoms. The van der Waals surface area contributed by atoms with Gasteiger partial charge in [0.05, 0.1) is 11.7 Å². The number of phenolic OH excluding ortho intramolecular Hbond substituents is 1. The number of aliphatic hydroxyl groups excluding tert-OH is 1. The lowest BCUT2D eigenvalue weighted by atomic mass is 9.99. The summed E-state index contributed by atoms with van der Waals surface area (Å²) in [5, 5.41) is 20.7. The molecule has 3 N–H and O–H groups in total. The lowest BCUT2D eigenvalue weighted by Crippen LogP contribution is -2.08. The number of H-pyrrole nitrogens is 1. The number of hydrogen-bond acceptors (Lipinski definition) is 4. The first-order valence-corrected chi connectivity index (χ1v) is 6.51. The van der Waals surface area contributed by atoms with Gasteiger partial charge >= 0.3 is 0 Å². The molecule has 1 atom stereocenters. The third-order valence-electron chi connectivity index (χ3n) is 3.45. The lowest BCUT2D eigenvalue weighted by Gasteiger charge is -2.13.